The molecule has 162 valence electrons. The zero-order valence-electron chi connectivity index (χ0n) is 17.4. The quantitative estimate of drug-likeness (QED) is 0.559. The number of pyridine rings is 1. The largest absolute Gasteiger partial charge is 0.454 e. The predicted molar refractivity (Wildman–Crippen MR) is 112 cm³/mol. The Bertz CT molecular complexity index is 1110. The number of nitrogens with zero attached hydrogens (tertiary/aromatic N) is 2. The summed E-state index contributed by atoms with van der Waals surface area (Å²) in [5, 5.41) is 11.3. The summed E-state index contributed by atoms with van der Waals surface area (Å²) in [6, 6.07) is 7.85. The SMILES string of the molecule is CNC(=O)c1cc(Oc2ccc(NC(=O)Nc3cc(C(C)(C)C)on3)cc2F)ccn1. The number of hydrogen-bond acceptors (Lipinski definition) is 6. The first-order valence-electron chi connectivity index (χ1n) is 9.36. The Balaban J connectivity index is 1.65. The molecule has 31 heavy (non-hydrogen) atoms. The molecule has 3 N–H and O–H groups in total. The van der Waals surface area contributed by atoms with Gasteiger partial charge >= 0.3 is 6.03 Å². The highest BCUT2D eigenvalue weighted by Crippen LogP contribution is 2.27. The summed E-state index contributed by atoms with van der Waals surface area (Å²) in [6.45, 7) is 5.86. The van der Waals surface area contributed by atoms with Crippen LogP contribution in [-0.4, -0.2) is 29.1 Å². The van der Waals surface area contributed by atoms with Crippen molar-refractivity contribution in [2.24, 2.45) is 0 Å². The molecule has 0 unspecified atom stereocenters. The van der Waals surface area contributed by atoms with Crippen LogP contribution in [0, 0.1) is 5.82 Å². The summed E-state index contributed by atoms with van der Waals surface area (Å²) in [7, 11) is 1.48. The number of urea groups is 1. The van der Waals surface area contributed by atoms with E-state index in [1.807, 2.05) is 20.8 Å². The number of benzene rings is 1. The molecule has 9 nitrogen and oxygen atoms in total. The van der Waals surface area contributed by atoms with Crippen LogP contribution in [0.15, 0.2) is 47.1 Å². The summed E-state index contributed by atoms with van der Waals surface area (Å²) < 4.78 is 25.1. The lowest BCUT2D eigenvalue weighted by molar-refractivity contribution is 0.0958. The standard InChI is InChI=1S/C21H22FN5O4/c1-21(2,3)17-11-18(27-31-17)26-20(29)25-12-5-6-16(14(22)9-12)30-13-7-8-24-15(10-13)19(28)23-4/h5-11H,1-4H3,(H,23,28)(H2,25,26,27,29). The zero-order valence-corrected chi connectivity index (χ0v) is 17.4. The van der Waals surface area contributed by atoms with Crippen LogP contribution >= 0.6 is 0 Å². The summed E-state index contributed by atoms with van der Waals surface area (Å²) in [5.74, 6) is -0.0674. The molecule has 0 spiro atoms. The maximum Gasteiger partial charge on any atom is 0.324 e. The minimum absolute atomic E-state index is 0.0775. The summed E-state index contributed by atoms with van der Waals surface area (Å²) in [5.41, 5.74) is 0.0960. The first kappa shape index (κ1) is 21.8. The van der Waals surface area contributed by atoms with Crippen molar-refractivity contribution in [3.8, 4) is 11.5 Å². The molecule has 0 aliphatic heterocycles. The first-order valence-corrected chi connectivity index (χ1v) is 9.36. The van der Waals surface area contributed by atoms with Gasteiger partial charge in [0, 0.05) is 42.5 Å². The molecule has 0 aliphatic rings. The van der Waals surface area contributed by atoms with E-state index >= 15 is 0 Å². The monoisotopic (exact) mass is 427 g/mol. The van der Waals surface area contributed by atoms with E-state index in [4.69, 9.17) is 9.26 Å². The molecule has 0 atom stereocenters. The molecule has 2 aromatic heterocycles. The second-order valence-electron chi connectivity index (χ2n) is 7.61. The van der Waals surface area contributed by atoms with E-state index in [1.165, 1.54) is 37.5 Å². The zero-order chi connectivity index (χ0) is 22.6. The van der Waals surface area contributed by atoms with Crippen molar-refractivity contribution >= 4 is 23.4 Å². The van der Waals surface area contributed by atoms with Gasteiger partial charge in [0.1, 0.15) is 17.2 Å². The van der Waals surface area contributed by atoms with Gasteiger partial charge in [-0.15, -0.1) is 0 Å². The van der Waals surface area contributed by atoms with Crippen molar-refractivity contribution in [1.82, 2.24) is 15.5 Å². The maximum absolute atomic E-state index is 14.5. The fraction of sp³-hybridized carbons (Fsp3) is 0.238. The van der Waals surface area contributed by atoms with E-state index in [0.717, 1.165) is 6.07 Å². The highest BCUT2D eigenvalue weighted by molar-refractivity contribution is 5.99. The van der Waals surface area contributed by atoms with Crippen LogP contribution < -0.4 is 20.7 Å². The predicted octanol–water partition coefficient (Wildman–Crippen LogP) is 4.30. The van der Waals surface area contributed by atoms with E-state index < -0.39 is 17.8 Å². The van der Waals surface area contributed by atoms with Gasteiger partial charge in [0.25, 0.3) is 5.91 Å². The fourth-order valence-electron chi connectivity index (χ4n) is 2.48. The first-order chi connectivity index (χ1) is 14.7. The number of amides is 3. The molecule has 0 bridgehead atoms. The summed E-state index contributed by atoms with van der Waals surface area (Å²) in [6.07, 6.45) is 1.38. The molecule has 0 saturated heterocycles. The van der Waals surface area contributed by atoms with Gasteiger partial charge in [-0.25, -0.2) is 9.18 Å². The van der Waals surface area contributed by atoms with Gasteiger partial charge in [0.2, 0.25) is 0 Å². The van der Waals surface area contributed by atoms with E-state index in [2.05, 4.69) is 26.1 Å². The van der Waals surface area contributed by atoms with Gasteiger partial charge in [-0.05, 0) is 18.2 Å². The number of anilines is 2. The van der Waals surface area contributed by atoms with Crippen LogP contribution in [0.1, 0.15) is 37.0 Å². The highest BCUT2D eigenvalue weighted by atomic mass is 19.1. The third kappa shape index (κ3) is 5.56. The molecular formula is C21H22FN5O4. The van der Waals surface area contributed by atoms with Gasteiger partial charge in [0.15, 0.2) is 17.4 Å². The van der Waals surface area contributed by atoms with Crippen LogP contribution in [0.2, 0.25) is 0 Å². The fourth-order valence-corrected chi connectivity index (χ4v) is 2.48. The number of hydrogen-bond donors (Lipinski definition) is 3. The van der Waals surface area contributed by atoms with E-state index in [0.29, 0.717) is 5.76 Å². The van der Waals surface area contributed by atoms with E-state index in [1.54, 1.807) is 6.07 Å². The average Bonchev–Trinajstić information content (AvgIpc) is 3.18. The van der Waals surface area contributed by atoms with Gasteiger partial charge in [0.05, 0.1) is 0 Å². The number of nitrogens with one attached hydrogen (secondary N) is 3. The van der Waals surface area contributed by atoms with Crippen LogP contribution in [0.25, 0.3) is 0 Å². The normalized spacial score (nSPS) is 11.0. The summed E-state index contributed by atoms with van der Waals surface area (Å²) >= 11 is 0. The van der Waals surface area contributed by atoms with Crippen molar-refractivity contribution in [3.05, 3.63) is 59.9 Å². The number of carbonyl (C=O) groups is 2. The van der Waals surface area contributed by atoms with Crippen molar-refractivity contribution in [2.45, 2.75) is 26.2 Å². The molecular weight excluding hydrogens is 405 g/mol. The van der Waals surface area contributed by atoms with Crippen molar-refractivity contribution in [1.29, 1.82) is 0 Å². The highest BCUT2D eigenvalue weighted by Gasteiger charge is 2.20. The molecule has 1 aromatic carbocycles. The number of aromatic nitrogens is 2. The number of ether oxygens (including phenoxy) is 1. The van der Waals surface area contributed by atoms with Crippen molar-refractivity contribution < 1.29 is 23.2 Å². The van der Waals surface area contributed by atoms with Gasteiger partial charge < -0.3 is 19.9 Å². The second kappa shape index (κ2) is 8.82. The minimum Gasteiger partial charge on any atom is -0.454 e. The van der Waals surface area contributed by atoms with Crippen LogP contribution in [-0.2, 0) is 5.41 Å². The molecule has 0 saturated carbocycles. The lowest BCUT2D eigenvalue weighted by Gasteiger charge is -2.12. The maximum atomic E-state index is 14.5. The lowest BCUT2D eigenvalue weighted by Crippen LogP contribution is -2.19. The van der Waals surface area contributed by atoms with Gasteiger partial charge in [-0.2, -0.15) is 0 Å². The van der Waals surface area contributed by atoms with Crippen molar-refractivity contribution in [3.63, 3.8) is 0 Å². The van der Waals surface area contributed by atoms with E-state index in [9.17, 15) is 14.0 Å². The minimum atomic E-state index is -0.701. The Morgan fingerprint density at radius 3 is 2.52 bits per heavy atom. The van der Waals surface area contributed by atoms with Gasteiger partial charge in [-0.1, -0.05) is 25.9 Å². The molecule has 0 radical (unpaired) electrons. The number of halogens is 1. The summed E-state index contributed by atoms with van der Waals surface area (Å²) in [4.78, 5) is 27.7. The second-order valence-corrected chi connectivity index (χ2v) is 7.61. The molecule has 2 heterocycles. The average molecular weight is 427 g/mol. The smallest absolute Gasteiger partial charge is 0.324 e. The topological polar surface area (TPSA) is 118 Å². The Hall–Kier alpha value is -3.95. The molecule has 3 rings (SSSR count). The Labute approximate surface area is 178 Å². The molecule has 10 heteroatoms. The Kier molecular flexibility index (Phi) is 6.19. The molecule has 0 aliphatic carbocycles. The Morgan fingerprint density at radius 2 is 1.87 bits per heavy atom. The molecule has 0 fully saturated rings. The number of rotatable bonds is 5. The third-order valence-corrected chi connectivity index (χ3v) is 4.10. The number of carbonyl (C=O) groups excluding carboxylic acids is 2. The van der Waals surface area contributed by atoms with Crippen molar-refractivity contribution in [2.75, 3.05) is 17.7 Å². The van der Waals surface area contributed by atoms with Crippen LogP contribution in [0.4, 0.5) is 20.7 Å². The van der Waals surface area contributed by atoms with Crippen LogP contribution in [0.5, 0.6) is 11.5 Å². The van der Waals surface area contributed by atoms with Crippen LogP contribution in [0.3, 0.4) is 0 Å². The van der Waals surface area contributed by atoms with E-state index in [-0.39, 0.29) is 34.1 Å². The third-order valence-electron chi connectivity index (χ3n) is 4.10. The van der Waals surface area contributed by atoms with Gasteiger partial charge in [-0.3, -0.25) is 15.1 Å². The lowest BCUT2D eigenvalue weighted by atomic mass is 9.93. The molecule has 3 amide bonds. The molecule has 3 aromatic rings. The Morgan fingerprint density at radius 1 is 1.10 bits per heavy atom.